The van der Waals surface area contributed by atoms with E-state index in [0.717, 1.165) is 12.1 Å². The van der Waals surface area contributed by atoms with Crippen LogP contribution in [0.15, 0.2) is 40.9 Å². The third-order valence-corrected chi connectivity index (χ3v) is 3.02. The van der Waals surface area contributed by atoms with Gasteiger partial charge in [0.2, 0.25) is 5.76 Å². The highest BCUT2D eigenvalue weighted by molar-refractivity contribution is 5.91. The molecule has 1 heterocycles. The molecule has 0 radical (unpaired) electrons. The normalized spacial score (nSPS) is 10.4. The zero-order chi connectivity index (χ0) is 13.7. The molecule has 2 rings (SSSR count). The fraction of sp³-hybridized carbons (Fsp3) is 0.333. The van der Waals surface area contributed by atoms with Crippen molar-refractivity contribution in [3.8, 4) is 0 Å². The minimum Gasteiger partial charge on any atom is -0.351 e. The van der Waals surface area contributed by atoms with Gasteiger partial charge in [-0.05, 0) is 25.8 Å². The highest BCUT2D eigenvalue weighted by atomic mass is 16.5. The van der Waals surface area contributed by atoms with E-state index in [1.165, 1.54) is 5.56 Å². The van der Waals surface area contributed by atoms with Crippen LogP contribution in [0.1, 0.15) is 28.7 Å². The minimum absolute atomic E-state index is 0.0981. The molecule has 2 aromatic rings. The van der Waals surface area contributed by atoms with Crippen molar-refractivity contribution in [1.29, 1.82) is 0 Å². The van der Waals surface area contributed by atoms with Crippen LogP contribution in [0.5, 0.6) is 0 Å². The van der Waals surface area contributed by atoms with Crippen LogP contribution in [0.3, 0.4) is 0 Å². The summed E-state index contributed by atoms with van der Waals surface area (Å²) in [6, 6.07) is 11.8. The van der Waals surface area contributed by atoms with Crippen molar-refractivity contribution in [3.63, 3.8) is 0 Å². The van der Waals surface area contributed by atoms with Gasteiger partial charge in [0.1, 0.15) is 0 Å². The van der Waals surface area contributed by atoms with E-state index in [2.05, 4.69) is 17.3 Å². The number of rotatable bonds is 5. The molecule has 4 nitrogen and oxygen atoms in total. The van der Waals surface area contributed by atoms with Gasteiger partial charge in [-0.25, -0.2) is 0 Å². The Balaban J connectivity index is 1.98. The highest BCUT2D eigenvalue weighted by Gasteiger charge is 2.18. The molecular formula is C15H18N2O2. The first-order valence-corrected chi connectivity index (χ1v) is 6.47. The van der Waals surface area contributed by atoms with Gasteiger partial charge in [0.25, 0.3) is 5.91 Å². The first-order valence-electron chi connectivity index (χ1n) is 6.47. The van der Waals surface area contributed by atoms with Gasteiger partial charge in [-0.15, -0.1) is 0 Å². The monoisotopic (exact) mass is 258 g/mol. The molecule has 0 aliphatic heterocycles. The lowest BCUT2D eigenvalue weighted by Gasteiger charge is -2.19. The summed E-state index contributed by atoms with van der Waals surface area (Å²) in [5.41, 5.74) is 1.95. The van der Waals surface area contributed by atoms with Gasteiger partial charge in [0, 0.05) is 19.2 Å². The maximum absolute atomic E-state index is 12.2. The number of nitrogens with zero attached hydrogens (tertiary/aromatic N) is 2. The zero-order valence-corrected chi connectivity index (χ0v) is 11.3. The van der Waals surface area contributed by atoms with Gasteiger partial charge in [-0.2, -0.15) is 0 Å². The lowest BCUT2D eigenvalue weighted by molar-refractivity contribution is 0.0724. The number of hydrogen-bond donors (Lipinski definition) is 0. The van der Waals surface area contributed by atoms with Crippen molar-refractivity contribution in [2.24, 2.45) is 0 Å². The molecule has 0 fully saturated rings. The van der Waals surface area contributed by atoms with Gasteiger partial charge < -0.3 is 9.42 Å². The summed E-state index contributed by atoms with van der Waals surface area (Å²) in [6.07, 6.45) is 0.841. The van der Waals surface area contributed by atoms with Crippen LogP contribution in [0.25, 0.3) is 0 Å². The largest absolute Gasteiger partial charge is 0.351 e. The van der Waals surface area contributed by atoms with Gasteiger partial charge in [-0.3, -0.25) is 4.79 Å². The molecule has 0 aliphatic carbocycles. The number of aryl methyl sites for hydroxylation is 1. The number of benzene rings is 1. The van der Waals surface area contributed by atoms with Crippen LogP contribution in [0, 0.1) is 6.92 Å². The second-order valence-electron chi connectivity index (χ2n) is 4.45. The van der Waals surface area contributed by atoms with Crippen LogP contribution in [-0.4, -0.2) is 29.1 Å². The third-order valence-electron chi connectivity index (χ3n) is 3.02. The van der Waals surface area contributed by atoms with E-state index >= 15 is 0 Å². The van der Waals surface area contributed by atoms with Gasteiger partial charge in [-0.1, -0.05) is 35.5 Å². The summed E-state index contributed by atoms with van der Waals surface area (Å²) in [4.78, 5) is 14.0. The summed E-state index contributed by atoms with van der Waals surface area (Å²) >= 11 is 0. The van der Waals surface area contributed by atoms with Crippen LogP contribution in [0.4, 0.5) is 0 Å². The molecule has 1 amide bonds. The Hall–Kier alpha value is -2.10. The van der Waals surface area contributed by atoms with Crippen LogP contribution < -0.4 is 0 Å². The average molecular weight is 258 g/mol. The Morgan fingerprint density at radius 2 is 2.05 bits per heavy atom. The first kappa shape index (κ1) is 13.3. The molecule has 0 unspecified atom stereocenters. The number of aromatic nitrogens is 1. The molecule has 1 aromatic heterocycles. The summed E-state index contributed by atoms with van der Waals surface area (Å²) in [5.74, 6) is 0.214. The lowest BCUT2D eigenvalue weighted by atomic mass is 10.1. The standard InChI is InChI=1S/C15H18N2O2/c1-3-17(10-9-13-7-5-4-6-8-13)15(18)14-11-12(2)16-19-14/h4-8,11H,3,9-10H2,1-2H3. The summed E-state index contributed by atoms with van der Waals surface area (Å²) in [5, 5.41) is 3.75. The van der Waals surface area contributed by atoms with Crippen LogP contribution >= 0.6 is 0 Å². The van der Waals surface area contributed by atoms with Crippen molar-refractivity contribution in [3.05, 3.63) is 53.4 Å². The molecule has 100 valence electrons. The number of carbonyl (C=O) groups excluding carboxylic acids is 1. The molecule has 0 bridgehead atoms. The number of hydrogen-bond acceptors (Lipinski definition) is 3. The van der Waals surface area contributed by atoms with E-state index in [9.17, 15) is 4.79 Å². The third kappa shape index (κ3) is 3.44. The molecule has 0 spiro atoms. The van der Waals surface area contributed by atoms with Crippen molar-refractivity contribution in [2.75, 3.05) is 13.1 Å². The molecule has 0 saturated heterocycles. The van der Waals surface area contributed by atoms with E-state index in [-0.39, 0.29) is 5.91 Å². The average Bonchev–Trinajstić information content (AvgIpc) is 2.87. The van der Waals surface area contributed by atoms with Gasteiger partial charge in [0.15, 0.2) is 0 Å². The molecule has 0 atom stereocenters. The molecular weight excluding hydrogens is 240 g/mol. The maximum atomic E-state index is 12.2. The zero-order valence-electron chi connectivity index (χ0n) is 11.3. The lowest BCUT2D eigenvalue weighted by Crippen LogP contribution is -2.32. The molecule has 1 aromatic carbocycles. The number of likely N-dealkylation sites (N-methyl/N-ethyl adjacent to an activating group) is 1. The smallest absolute Gasteiger partial charge is 0.292 e. The Morgan fingerprint density at radius 1 is 1.32 bits per heavy atom. The van der Waals surface area contributed by atoms with E-state index in [1.54, 1.807) is 17.9 Å². The SMILES string of the molecule is CCN(CCc1ccccc1)C(=O)c1cc(C)no1. The second kappa shape index (κ2) is 6.18. The number of carbonyl (C=O) groups is 1. The molecule has 0 saturated carbocycles. The predicted octanol–water partition coefficient (Wildman–Crippen LogP) is 2.69. The highest BCUT2D eigenvalue weighted by Crippen LogP contribution is 2.08. The summed E-state index contributed by atoms with van der Waals surface area (Å²) in [7, 11) is 0. The van der Waals surface area contributed by atoms with E-state index in [1.807, 2.05) is 25.1 Å². The van der Waals surface area contributed by atoms with Crippen molar-refractivity contribution in [1.82, 2.24) is 10.1 Å². The molecule has 0 N–H and O–H groups in total. The van der Waals surface area contributed by atoms with E-state index in [0.29, 0.717) is 18.8 Å². The van der Waals surface area contributed by atoms with Gasteiger partial charge >= 0.3 is 0 Å². The summed E-state index contributed by atoms with van der Waals surface area (Å²) < 4.78 is 5.02. The Labute approximate surface area is 113 Å². The van der Waals surface area contributed by atoms with Crippen molar-refractivity contribution in [2.45, 2.75) is 20.3 Å². The second-order valence-corrected chi connectivity index (χ2v) is 4.45. The summed E-state index contributed by atoms with van der Waals surface area (Å²) in [6.45, 7) is 5.11. The maximum Gasteiger partial charge on any atom is 0.292 e. The molecule has 4 heteroatoms. The fourth-order valence-corrected chi connectivity index (χ4v) is 1.93. The fourth-order valence-electron chi connectivity index (χ4n) is 1.93. The van der Waals surface area contributed by atoms with E-state index in [4.69, 9.17) is 4.52 Å². The van der Waals surface area contributed by atoms with E-state index < -0.39 is 0 Å². The molecule has 19 heavy (non-hydrogen) atoms. The Morgan fingerprint density at radius 3 is 2.63 bits per heavy atom. The quantitative estimate of drug-likeness (QED) is 0.828. The van der Waals surface area contributed by atoms with Gasteiger partial charge in [0.05, 0.1) is 5.69 Å². The van der Waals surface area contributed by atoms with Crippen molar-refractivity contribution >= 4 is 5.91 Å². The van der Waals surface area contributed by atoms with Crippen LogP contribution in [0.2, 0.25) is 0 Å². The topological polar surface area (TPSA) is 46.3 Å². The minimum atomic E-state index is -0.0981. The van der Waals surface area contributed by atoms with Crippen LogP contribution in [-0.2, 0) is 6.42 Å². The Kier molecular flexibility index (Phi) is 4.34. The Bertz CT molecular complexity index is 534. The first-order chi connectivity index (χ1) is 9.20. The molecule has 0 aliphatic rings. The predicted molar refractivity (Wildman–Crippen MR) is 73.0 cm³/mol. The number of amides is 1. The van der Waals surface area contributed by atoms with Crippen molar-refractivity contribution < 1.29 is 9.32 Å².